The summed E-state index contributed by atoms with van der Waals surface area (Å²) in [6.07, 6.45) is 0.369. The molecule has 2 aliphatic heterocycles. The first-order valence-electron chi connectivity index (χ1n) is 14.6. The van der Waals surface area contributed by atoms with E-state index in [1.54, 1.807) is 38.7 Å². The average molecular weight is 818 g/mol. The number of halogens is 2. The Hall–Kier alpha value is -3.88. The van der Waals surface area contributed by atoms with Gasteiger partial charge in [-0.2, -0.15) is 0 Å². The minimum absolute atomic E-state index is 0. The molecule has 4 N–H and O–H groups in total. The second-order valence-corrected chi connectivity index (χ2v) is 16.9. The zero-order chi connectivity index (χ0) is 38.0. The van der Waals surface area contributed by atoms with Crippen LogP contribution in [0.3, 0.4) is 0 Å². The standard InChI is InChI=1S/C15H17ClN4O4S.C15H17ClN4O3S2.2CH4/c1-15(2)13(21)20(10-5-6-12(18-3)11(16)9-10)14(22)19(15)7-4-8-25(17,23)24;1-15(2)13(21)20(10-5-6-12(18-3)11(16)9-10)14(24)19(15)7-4-8-25(17,22)23;;/h5-6,9H,4,7-8H2,1-2H3,(H2,17,23,24);5-6,9H,4,7-8H2,1-2H3,(H2,17,22,23);2*1H4. The molecule has 0 spiro atoms. The number of urea groups is 1. The number of thiocarbonyl (C=S) groups is 1. The van der Waals surface area contributed by atoms with E-state index in [2.05, 4.69) is 9.69 Å². The zero-order valence-electron chi connectivity index (χ0n) is 27.4. The number of hydrogen-bond acceptors (Lipinski definition) is 8. The maximum Gasteiger partial charge on any atom is 0.332 e. The van der Waals surface area contributed by atoms with E-state index in [1.165, 1.54) is 40.1 Å². The molecule has 0 bridgehead atoms. The van der Waals surface area contributed by atoms with Crippen LogP contribution in [0.25, 0.3) is 9.69 Å². The lowest BCUT2D eigenvalue weighted by Crippen LogP contribution is -2.45. The fraction of sp³-hybridized carbons (Fsp3) is 0.438. The SMILES string of the molecule is C.C.[C-]#[N+]c1ccc(N2C(=O)C(C)(C)N(CCCS(N)(=O)=O)C2=S)cc1Cl.[C-]#[N+]c1ccc(N2C(=O)N(CCCS(N)(=O)=O)C(C)(C)C2=O)cc1Cl. The molecule has 20 heteroatoms. The Bertz CT molecular complexity index is 1900. The maximum absolute atomic E-state index is 12.8. The van der Waals surface area contributed by atoms with Gasteiger partial charge in [-0.1, -0.05) is 50.2 Å². The first-order valence-corrected chi connectivity index (χ1v) is 19.2. The van der Waals surface area contributed by atoms with Crippen molar-refractivity contribution < 1.29 is 31.2 Å². The van der Waals surface area contributed by atoms with Crippen LogP contribution in [0.5, 0.6) is 0 Å². The van der Waals surface area contributed by atoms with Gasteiger partial charge in [-0.15, -0.1) is 0 Å². The Morgan fingerprint density at radius 1 is 0.712 bits per heavy atom. The molecule has 15 nitrogen and oxygen atoms in total. The minimum atomic E-state index is -3.65. The summed E-state index contributed by atoms with van der Waals surface area (Å²) >= 11 is 17.5. The third-order valence-corrected chi connectivity index (χ3v) is 10.6. The summed E-state index contributed by atoms with van der Waals surface area (Å²) in [5.74, 6) is -1.19. The molecule has 284 valence electrons. The summed E-state index contributed by atoms with van der Waals surface area (Å²) in [6.45, 7) is 21.0. The van der Waals surface area contributed by atoms with Crippen LogP contribution < -0.4 is 20.1 Å². The minimum Gasteiger partial charge on any atom is -0.334 e. The molecule has 4 amide bonds. The largest absolute Gasteiger partial charge is 0.334 e. The topological polar surface area (TPSA) is 193 Å². The van der Waals surface area contributed by atoms with E-state index >= 15 is 0 Å². The number of nitrogens with zero attached hydrogens (tertiary/aromatic N) is 6. The van der Waals surface area contributed by atoms with Gasteiger partial charge in [0.05, 0.1) is 36.0 Å². The lowest BCUT2D eigenvalue weighted by Gasteiger charge is -2.29. The number of carbonyl (C=O) groups excluding carboxylic acids is 3. The van der Waals surface area contributed by atoms with Crippen LogP contribution in [0, 0.1) is 13.1 Å². The van der Waals surface area contributed by atoms with Crippen LogP contribution >= 0.6 is 35.4 Å². The highest BCUT2D eigenvalue weighted by Crippen LogP contribution is 2.37. The van der Waals surface area contributed by atoms with Crippen LogP contribution in [-0.2, 0) is 29.6 Å². The van der Waals surface area contributed by atoms with Crippen molar-refractivity contribution in [3.8, 4) is 0 Å². The highest BCUT2D eigenvalue weighted by Gasteiger charge is 2.52. The number of sulfonamides is 2. The van der Waals surface area contributed by atoms with Crippen molar-refractivity contribution >= 4 is 101 Å². The van der Waals surface area contributed by atoms with Gasteiger partial charge in [0.25, 0.3) is 11.8 Å². The molecule has 0 atom stereocenters. The summed E-state index contributed by atoms with van der Waals surface area (Å²) in [4.78, 5) is 50.0. The van der Waals surface area contributed by atoms with E-state index in [0.717, 1.165) is 4.90 Å². The number of hydrogen-bond donors (Lipinski definition) is 2. The van der Waals surface area contributed by atoms with Crippen LogP contribution in [0.1, 0.15) is 55.4 Å². The summed E-state index contributed by atoms with van der Waals surface area (Å²) < 4.78 is 44.3. The molecule has 2 aliphatic rings. The number of nitrogens with two attached hydrogens (primary N) is 2. The number of amides is 4. The van der Waals surface area contributed by atoms with Gasteiger partial charge in [-0.3, -0.25) is 14.5 Å². The number of rotatable bonds is 10. The van der Waals surface area contributed by atoms with Gasteiger partial charge >= 0.3 is 6.03 Å². The molecule has 0 radical (unpaired) electrons. The Morgan fingerprint density at radius 3 is 1.46 bits per heavy atom. The van der Waals surface area contributed by atoms with Gasteiger partial charge in [0, 0.05) is 23.1 Å². The third-order valence-electron chi connectivity index (χ3n) is 7.89. The van der Waals surface area contributed by atoms with Gasteiger partial charge in [-0.05, 0) is 77.0 Å². The molecule has 0 aromatic heterocycles. The van der Waals surface area contributed by atoms with E-state index in [-0.39, 0.29) is 90.4 Å². The lowest BCUT2D eigenvalue weighted by atomic mass is 10.0. The normalized spacial score (nSPS) is 16.4. The van der Waals surface area contributed by atoms with Crippen LogP contribution in [-0.4, -0.2) is 85.3 Å². The van der Waals surface area contributed by atoms with Crippen LogP contribution in [0.15, 0.2) is 36.4 Å². The van der Waals surface area contributed by atoms with Crippen LogP contribution in [0.2, 0.25) is 10.0 Å². The Balaban J connectivity index is 0.000000501. The van der Waals surface area contributed by atoms with Gasteiger partial charge < -0.3 is 9.80 Å². The van der Waals surface area contributed by atoms with E-state index < -0.39 is 43.1 Å². The fourth-order valence-corrected chi connectivity index (χ4v) is 7.18. The summed E-state index contributed by atoms with van der Waals surface area (Å²) in [5, 5.41) is 10.6. The van der Waals surface area contributed by atoms with Gasteiger partial charge in [0.1, 0.15) is 11.1 Å². The van der Waals surface area contributed by atoms with Crippen molar-refractivity contribution in [2.75, 3.05) is 34.4 Å². The molecular weight excluding hydrogens is 776 g/mol. The van der Waals surface area contributed by atoms with Crippen molar-refractivity contribution in [2.24, 2.45) is 10.3 Å². The highest BCUT2D eigenvalue weighted by atomic mass is 35.5. The van der Waals surface area contributed by atoms with E-state index in [4.69, 9.17) is 58.8 Å². The summed E-state index contributed by atoms with van der Waals surface area (Å²) in [5.41, 5.74) is -0.842. The Kier molecular flexibility index (Phi) is 15.3. The van der Waals surface area contributed by atoms with Crippen molar-refractivity contribution in [3.05, 3.63) is 69.3 Å². The molecule has 0 unspecified atom stereocenters. The van der Waals surface area contributed by atoms with Gasteiger partial charge in [0.15, 0.2) is 5.11 Å². The van der Waals surface area contributed by atoms with Crippen molar-refractivity contribution in [3.63, 3.8) is 0 Å². The predicted octanol–water partition coefficient (Wildman–Crippen LogP) is 5.67. The number of anilines is 2. The van der Waals surface area contributed by atoms with Gasteiger partial charge in [-0.25, -0.2) is 46.5 Å². The molecule has 0 aliphatic carbocycles. The molecule has 2 heterocycles. The first kappa shape index (κ1) is 46.1. The van der Waals surface area contributed by atoms with Crippen molar-refractivity contribution in [1.29, 1.82) is 0 Å². The van der Waals surface area contributed by atoms with E-state index in [1.807, 2.05) is 0 Å². The average Bonchev–Trinajstić information content (AvgIpc) is 3.27. The number of carbonyl (C=O) groups is 3. The van der Waals surface area contributed by atoms with Crippen LogP contribution in [0.4, 0.5) is 27.5 Å². The van der Waals surface area contributed by atoms with E-state index in [0.29, 0.717) is 5.69 Å². The number of imide groups is 1. The fourth-order valence-electron chi connectivity index (χ4n) is 5.18. The highest BCUT2D eigenvalue weighted by molar-refractivity contribution is 7.89. The quantitative estimate of drug-likeness (QED) is 0.173. The predicted molar refractivity (Wildman–Crippen MR) is 209 cm³/mol. The Morgan fingerprint density at radius 2 is 1.08 bits per heavy atom. The van der Waals surface area contributed by atoms with E-state index in [9.17, 15) is 31.2 Å². The second kappa shape index (κ2) is 17.3. The molecule has 2 fully saturated rings. The molecular formula is C32H42Cl2N8O7S3. The van der Waals surface area contributed by atoms with Gasteiger partial charge in [0.2, 0.25) is 31.4 Å². The van der Waals surface area contributed by atoms with Crippen molar-refractivity contribution in [1.82, 2.24) is 9.80 Å². The second-order valence-electron chi connectivity index (χ2n) is 12.2. The first-order chi connectivity index (χ1) is 23.0. The Labute approximate surface area is 321 Å². The molecule has 2 saturated heterocycles. The molecule has 4 rings (SSSR count). The maximum atomic E-state index is 12.8. The molecule has 52 heavy (non-hydrogen) atoms. The zero-order valence-corrected chi connectivity index (χ0v) is 31.3. The lowest BCUT2D eigenvalue weighted by molar-refractivity contribution is -0.124. The smallest absolute Gasteiger partial charge is 0.332 e. The third kappa shape index (κ3) is 10.2. The summed E-state index contributed by atoms with van der Waals surface area (Å²) in [7, 11) is -7.22. The summed E-state index contributed by atoms with van der Waals surface area (Å²) in [6, 6.07) is 8.36. The van der Waals surface area contributed by atoms with Crippen molar-refractivity contribution in [2.45, 2.75) is 66.5 Å². The molecule has 2 aromatic rings. The molecule has 2 aromatic carbocycles. The number of benzene rings is 2. The molecule has 0 saturated carbocycles. The monoisotopic (exact) mass is 816 g/mol. The number of primary sulfonamides is 2.